The van der Waals surface area contributed by atoms with Crippen molar-refractivity contribution in [2.45, 2.75) is 65.0 Å². The molecule has 1 saturated heterocycles. The van der Waals surface area contributed by atoms with Crippen LogP contribution in [0.25, 0.3) is 0 Å². The highest BCUT2D eigenvalue weighted by atomic mass is 35.5. The number of nitrogens with zero attached hydrogens (tertiary/aromatic N) is 1. The first-order valence-corrected chi connectivity index (χ1v) is 9.49. The molecule has 0 unspecified atom stereocenters. The normalized spacial score (nSPS) is 16.9. The van der Waals surface area contributed by atoms with E-state index in [1.165, 1.54) is 12.5 Å². The summed E-state index contributed by atoms with van der Waals surface area (Å²) in [4.78, 5) is 25.4. The zero-order chi connectivity index (χ0) is 19.5. The van der Waals surface area contributed by atoms with Crippen molar-refractivity contribution in [1.29, 1.82) is 0 Å². The van der Waals surface area contributed by atoms with Crippen molar-refractivity contribution in [3.05, 3.63) is 34.3 Å². The lowest BCUT2D eigenvalue weighted by Crippen LogP contribution is -2.41. The molecule has 0 aromatic heterocycles. The number of hydrogen-bond acceptors (Lipinski definition) is 3. The fourth-order valence-electron chi connectivity index (χ4n) is 3.37. The van der Waals surface area contributed by atoms with Crippen LogP contribution in [0.2, 0.25) is 5.02 Å². The van der Waals surface area contributed by atoms with E-state index < -0.39 is 5.60 Å². The van der Waals surface area contributed by atoms with Crippen LogP contribution >= 0.6 is 11.6 Å². The molecule has 1 atom stereocenters. The third-order valence-electron chi connectivity index (χ3n) is 4.52. The van der Waals surface area contributed by atoms with Gasteiger partial charge in [0, 0.05) is 25.0 Å². The van der Waals surface area contributed by atoms with Gasteiger partial charge in [-0.25, -0.2) is 4.79 Å². The molecule has 0 radical (unpaired) electrons. The Hall–Kier alpha value is -1.75. The van der Waals surface area contributed by atoms with Crippen LogP contribution < -0.4 is 5.32 Å². The average molecular weight is 381 g/mol. The van der Waals surface area contributed by atoms with Gasteiger partial charge in [-0.15, -0.1) is 0 Å². The number of ether oxygens (including phenoxy) is 1. The number of hydrogen-bond donors (Lipinski definition) is 1. The van der Waals surface area contributed by atoms with Crippen LogP contribution in [0.3, 0.4) is 0 Å². The SMILES string of the molecule is CC(=O)N[C@H](C)c1cc(Cl)ccc1C1CCN(C(=O)OC(C)(C)C)CC1. The smallest absolute Gasteiger partial charge is 0.410 e. The molecule has 1 heterocycles. The van der Waals surface area contributed by atoms with Gasteiger partial charge in [-0.1, -0.05) is 17.7 Å². The quantitative estimate of drug-likeness (QED) is 0.830. The van der Waals surface area contributed by atoms with E-state index in [1.807, 2.05) is 45.9 Å². The highest BCUT2D eigenvalue weighted by Crippen LogP contribution is 2.34. The van der Waals surface area contributed by atoms with Gasteiger partial charge in [0.2, 0.25) is 5.91 Å². The van der Waals surface area contributed by atoms with E-state index in [2.05, 4.69) is 5.32 Å². The number of rotatable bonds is 3. The second-order valence-corrected chi connectivity index (χ2v) is 8.37. The van der Waals surface area contributed by atoms with Crippen molar-refractivity contribution < 1.29 is 14.3 Å². The number of amides is 2. The Morgan fingerprint density at radius 1 is 1.27 bits per heavy atom. The maximum atomic E-state index is 12.2. The van der Waals surface area contributed by atoms with Crippen molar-refractivity contribution >= 4 is 23.6 Å². The standard InChI is InChI=1S/C20H29ClN2O3/c1-13(22-14(2)24)18-12-16(21)6-7-17(18)15-8-10-23(11-9-15)19(25)26-20(3,4)5/h6-7,12-13,15H,8-11H2,1-5H3,(H,22,24)/t13-/m1/s1. The fourth-order valence-corrected chi connectivity index (χ4v) is 3.56. The van der Waals surface area contributed by atoms with Crippen LogP contribution in [-0.4, -0.2) is 35.6 Å². The van der Waals surface area contributed by atoms with E-state index in [1.54, 1.807) is 4.90 Å². The molecule has 0 aliphatic carbocycles. The predicted octanol–water partition coefficient (Wildman–Crippen LogP) is 4.65. The van der Waals surface area contributed by atoms with Crippen LogP contribution in [-0.2, 0) is 9.53 Å². The molecule has 144 valence electrons. The largest absolute Gasteiger partial charge is 0.444 e. The van der Waals surface area contributed by atoms with Gasteiger partial charge in [0.1, 0.15) is 5.60 Å². The van der Waals surface area contributed by atoms with Gasteiger partial charge in [-0.05, 0) is 69.7 Å². The van der Waals surface area contributed by atoms with Crippen molar-refractivity contribution in [2.75, 3.05) is 13.1 Å². The second kappa shape index (κ2) is 8.30. The van der Waals surface area contributed by atoms with Gasteiger partial charge in [-0.2, -0.15) is 0 Å². The van der Waals surface area contributed by atoms with Crippen LogP contribution in [0.15, 0.2) is 18.2 Å². The molecule has 1 fully saturated rings. The van der Waals surface area contributed by atoms with Crippen LogP contribution in [0.5, 0.6) is 0 Å². The number of nitrogens with one attached hydrogen (secondary N) is 1. The van der Waals surface area contributed by atoms with Gasteiger partial charge in [0.15, 0.2) is 0 Å². The average Bonchev–Trinajstić information content (AvgIpc) is 2.52. The van der Waals surface area contributed by atoms with E-state index in [0.29, 0.717) is 24.0 Å². The minimum atomic E-state index is -0.481. The van der Waals surface area contributed by atoms with E-state index in [-0.39, 0.29) is 18.0 Å². The Morgan fingerprint density at radius 2 is 1.88 bits per heavy atom. The minimum Gasteiger partial charge on any atom is -0.444 e. The number of halogens is 1. The summed E-state index contributed by atoms with van der Waals surface area (Å²) in [5.74, 6) is 0.264. The third-order valence-corrected chi connectivity index (χ3v) is 4.76. The zero-order valence-corrected chi connectivity index (χ0v) is 17.0. The van der Waals surface area contributed by atoms with Crippen molar-refractivity contribution in [2.24, 2.45) is 0 Å². The van der Waals surface area contributed by atoms with Crippen LogP contribution in [0, 0.1) is 0 Å². The monoisotopic (exact) mass is 380 g/mol. The maximum Gasteiger partial charge on any atom is 0.410 e. The predicted molar refractivity (Wildman–Crippen MR) is 103 cm³/mol. The molecule has 1 aliphatic heterocycles. The summed E-state index contributed by atoms with van der Waals surface area (Å²) in [6.45, 7) is 10.4. The lowest BCUT2D eigenvalue weighted by atomic mass is 9.85. The van der Waals surface area contributed by atoms with E-state index in [9.17, 15) is 9.59 Å². The summed E-state index contributed by atoms with van der Waals surface area (Å²) in [7, 11) is 0. The summed E-state index contributed by atoms with van der Waals surface area (Å²) in [5, 5.41) is 3.60. The molecule has 0 spiro atoms. The van der Waals surface area contributed by atoms with Gasteiger partial charge >= 0.3 is 6.09 Å². The molecule has 1 aliphatic rings. The molecule has 1 aromatic rings. The first kappa shape index (κ1) is 20.6. The number of piperidine rings is 1. The minimum absolute atomic E-state index is 0.0665. The van der Waals surface area contributed by atoms with Crippen molar-refractivity contribution in [3.63, 3.8) is 0 Å². The fraction of sp³-hybridized carbons (Fsp3) is 0.600. The Bertz CT molecular complexity index is 662. The highest BCUT2D eigenvalue weighted by Gasteiger charge is 2.29. The van der Waals surface area contributed by atoms with E-state index >= 15 is 0 Å². The Labute approximate surface area is 161 Å². The third kappa shape index (κ3) is 5.63. The first-order chi connectivity index (χ1) is 12.1. The van der Waals surface area contributed by atoms with E-state index in [0.717, 1.165) is 18.4 Å². The van der Waals surface area contributed by atoms with E-state index in [4.69, 9.17) is 16.3 Å². The number of carbonyl (C=O) groups is 2. The van der Waals surface area contributed by atoms with Crippen LogP contribution in [0.1, 0.15) is 70.5 Å². The molecular weight excluding hydrogens is 352 g/mol. The maximum absolute atomic E-state index is 12.2. The Kier molecular flexibility index (Phi) is 6.56. The van der Waals surface area contributed by atoms with Gasteiger partial charge in [0.25, 0.3) is 0 Å². The van der Waals surface area contributed by atoms with Crippen LogP contribution in [0.4, 0.5) is 4.79 Å². The summed E-state index contributed by atoms with van der Waals surface area (Å²) >= 11 is 6.18. The Balaban J connectivity index is 2.09. The summed E-state index contributed by atoms with van der Waals surface area (Å²) in [6.07, 6.45) is 1.47. The van der Waals surface area contributed by atoms with Crippen molar-refractivity contribution in [1.82, 2.24) is 10.2 Å². The molecule has 5 nitrogen and oxygen atoms in total. The van der Waals surface area contributed by atoms with Gasteiger partial charge in [-0.3, -0.25) is 4.79 Å². The number of likely N-dealkylation sites (tertiary alicyclic amines) is 1. The second-order valence-electron chi connectivity index (χ2n) is 7.94. The topological polar surface area (TPSA) is 58.6 Å². The molecule has 6 heteroatoms. The summed E-state index contributed by atoms with van der Waals surface area (Å²) < 4.78 is 5.46. The lowest BCUT2D eigenvalue weighted by molar-refractivity contribution is -0.119. The summed E-state index contributed by atoms with van der Waals surface area (Å²) in [5.41, 5.74) is 1.76. The molecule has 0 saturated carbocycles. The molecule has 26 heavy (non-hydrogen) atoms. The molecule has 2 amide bonds. The molecule has 0 bridgehead atoms. The van der Waals surface area contributed by atoms with Crippen molar-refractivity contribution in [3.8, 4) is 0 Å². The first-order valence-electron chi connectivity index (χ1n) is 9.11. The number of carbonyl (C=O) groups excluding carboxylic acids is 2. The Morgan fingerprint density at radius 3 is 2.42 bits per heavy atom. The highest BCUT2D eigenvalue weighted by molar-refractivity contribution is 6.30. The molecular formula is C20H29ClN2O3. The molecule has 2 rings (SSSR count). The lowest BCUT2D eigenvalue weighted by Gasteiger charge is -2.34. The zero-order valence-electron chi connectivity index (χ0n) is 16.3. The number of benzene rings is 1. The van der Waals surface area contributed by atoms with Gasteiger partial charge < -0.3 is 15.0 Å². The summed E-state index contributed by atoms with van der Waals surface area (Å²) in [6, 6.07) is 5.76. The molecule has 1 N–H and O–H groups in total. The molecule has 1 aromatic carbocycles. The van der Waals surface area contributed by atoms with Gasteiger partial charge in [0.05, 0.1) is 6.04 Å².